The highest BCUT2D eigenvalue weighted by atomic mass is 16.5. The van der Waals surface area contributed by atoms with Gasteiger partial charge in [0.2, 0.25) is 0 Å². The van der Waals surface area contributed by atoms with E-state index >= 15 is 0 Å². The molecule has 0 aliphatic heterocycles. The van der Waals surface area contributed by atoms with Crippen LogP contribution in [0, 0.1) is 12.8 Å². The minimum atomic E-state index is 0.0346. The highest BCUT2D eigenvalue weighted by Crippen LogP contribution is 2.37. The Bertz CT molecular complexity index is 2050. The van der Waals surface area contributed by atoms with Gasteiger partial charge in [0.25, 0.3) is 0 Å². The molecule has 3 aromatic rings. The van der Waals surface area contributed by atoms with Gasteiger partial charge in [0.1, 0.15) is 34.5 Å². The molecule has 0 amide bonds. The topological polar surface area (TPSA) is 163 Å². The fourth-order valence-corrected chi connectivity index (χ4v) is 8.66. The summed E-state index contributed by atoms with van der Waals surface area (Å²) in [6.45, 7) is 26.5. The van der Waals surface area contributed by atoms with Crippen LogP contribution in [-0.4, -0.2) is 104 Å². The molecule has 3 aromatic carbocycles. The smallest absolute Gasteiger partial charge is 0.163 e. The predicted molar refractivity (Wildman–Crippen MR) is 335 cm³/mol. The van der Waals surface area contributed by atoms with Crippen molar-refractivity contribution in [1.29, 1.82) is 0 Å². The first kappa shape index (κ1) is 75.2. The van der Waals surface area contributed by atoms with Crippen LogP contribution in [0.5, 0.6) is 28.7 Å². The number of benzene rings is 3. The molecule has 0 aliphatic rings. The molecule has 0 spiro atoms. The zero-order valence-corrected chi connectivity index (χ0v) is 53.0. The van der Waals surface area contributed by atoms with E-state index in [1.165, 1.54) is 38.5 Å². The van der Waals surface area contributed by atoms with E-state index in [0.717, 1.165) is 168 Å². The van der Waals surface area contributed by atoms with Crippen molar-refractivity contribution in [1.82, 2.24) is 21.3 Å². The highest BCUT2D eigenvalue weighted by molar-refractivity contribution is 5.98. The van der Waals surface area contributed by atoms with Crippen LogP contribution < -0.4 is 45.0 Å². The lowest BCUT2D eigenvalue weighted by molar-refractivity contribution is -0.121. The van der Waals surface area contributed by atoms with Crippen molar-refractivity contribution in [3.63, 3.8) is 0 Å². The summed E-state index contributed by atoms with van der Waals surface area (Å²) in [5.41, 5.74) is 5.28. The second kappa shape index (κ2) is 50.0. The zero-order valence-electron chi connectivity index (χ0n) is 53.0. The third kappa shape index (κ3) is 35.1. The number of rotatable bonds is 43. The normalized spacial score (nSPS) is 10.6. The Balaban J connectivity index is 0.00000107. The molecule has 80 heavy (non-hydrogen) atoms. The molecule has 0 bridgehead atoms. The third-order valence-electron chi connectivity index (χ3n) is 13.5. The van der Waals surface area contributed by atoms with Gasteiger partial charge in [-0.15, -0.1) is 0 Å². The van der Waals surface area contributed by atoms with Crippen LogP contribution in [-0.2, 0) is 17.8 Å². The molecule has 13 nitrogen and oxygen atoms in total. The van der Waals surface area contributed by atoms with E-state index < -0.39 is 0 Å². The lowest BCUT2D eigenvalue weighted by Gasteiger charge is -2.20. The van der Waals surface area contributed by atoms with Crippen LogP contribution in [0.3, 0.4) is 0 Å². The van der Waals surface area contributed by atoms with Crippen LogP contribution in [0.1, 0.15) is 238 Å². The summed E-state index contributed by atoms with van der Waals surface area (Å²) in [5.74, 6) is 4.62. The van der Waals surface area contributed by atoms with Crippen molar-refractivity contribution in [3.8, 4) is 28.7 Å². The van der Waals surface area contributed by atoms with Gasteiger partial charge in [0, 0.05) is 40.8 Å². The maximum atomic E-state index is 12.4. The van der Waals surface area contributed by atoms with E-state index in [4.69, 9.17) is 23.7 Å². The number of ketones is 4. The molecule has 0 aromatic heterocycles. The highest BCUT2D eigenvalue weighted by Gasteiger charge is 2.21. The number of ether oxygens (including phenoxy) is 5. The van der Waals surface area contributed by atoms with E-state index in [9.17, 15) is 19.2 Å². The number of nitrogens with one attached hydrogen (secondary N) is 4. The van der Waals surface area contributed by atoms with Crippen molar-refractivity contribution >= 4 is 23.1 Å². The quantitative estimate of drug-likeness (QED) is 0.0313. The summed E-state index contributed by atoms with van der Waals surface area (Å²) in [5, 5.41) is 12.3. The first-order chi connectivity index (χ1) is 38.6. The molecule has 0 aliphatic carbocycles. The van der Waals surface area contributed by atoms with Gasteiger partial charge in [-0.1, -0.05) is 105 Å². The maximum Gasteiger partial charge on any atom is 0.163 e. The van der Waals surface area contributed by atoms with Gasteiger partial charge in [-0.05, 0) is 189 Å². The van der Waals surface area contributed by atoms with E-state index in [1.54, 1.807) is 39.8 Å². The Labute approximate surface area is 487 Å². The number of unbranched alkanes of at least 4 members (excludes halogenated alkanes) is 10. The van der Waals surface area contributed by atoms with E-state index in [1.807, 2.05) is 58.5 Å². The van der Waals surface area contributed by atoms with Gasteiger partial charge in [0.15, 0.2) is 17.3 Å². The van der Waals surface area contributed by atoms with Gasteiger partial charge in [-0.25, -0.2) is 0 Å². The molecule has 4 N–H and O–H groups in total. The second-order valence-corrected chi connectivity index (χ2v) is 20.9. The van der Waals surface area contributed by atoms with E-state index in [0.29, 0.717) is 55.7 Å². The number of carbonyl (C=O) groups is 4. The average molecular weight is 1120 g/mol. The van der Waals surface area contributed by atoms with Crippen molar-refractivity contribution in [3.05, 3.63) is 75.8 Å². The molecule has 13 heteroatoms. The Kier molecular flexibility index (Phi) is 46.9. The molecule has 456 valence electrons. The summed E-state index contributed by atoms with van der Waals surface area (Å²) in [4.78, 5) is 46.8. The fourth-order valence-electron chi connectivity index (χ4n) is 8.66. The lowest BCUT2D eigenvalue weighted by Crippen LogP contribution is -2.17. The number of carbonyl (C=O) groups excluding carboxylic acids is 4. The van der Waals surface area contributed by atoms with Gasteiger partial charge < -0.3 is 45.0 Å². The molecular weight excluding hydrogens is 1000 g/mol. The first-order valence-corrected chi connectivity index (χ1v) is 30.8. The molecule has 0 radical (unpaired) electrons. The maximum absolute atomic E-state index is 12.4. The minimum Gasteiger partial charge on any atom is -0.493 e. The second-order valence-electron chi connectivity index (χ2n) is 20.9. The zero-order chi connectivity index (χ0) is 59.8. The third-order valence-corrected chi connectivity index (χ3v) is 13.5. The number of hydrogen-bond donors (Lipinski definition) is 4. The van der Waals surface area contributed by atoms with Gasteiger partial charge in [0.05, 0.1) is 38.6 Å². The van der Waals surface area contributed by atoms with Crippen molar-refractivity contribution < 1.29 is 42.9 Å². The molecular formula is C67H114N4O9. The molecule has 0 saturated heterocycles. The molecule has 0 unspecified atom stereocenters. The minimum absolute atomic E-state index is 0.0346. The Hall–Kier alpha value is -4.82. The average Bonchev–Trinajstić information content (AvgIpc) is 3.43. The molecule has 0 heterocycles. The van der Waals surface area contributed by atoms with Crippen molar-refractivity contribution in [2.24, 2.45) is 5.92 Å². The SMILES string of the molecule is CCCCCOc1cc(C(C)=O)c(CCCCC)c(OCCCCC)c1C.CCCCCOc1cc(OCCCCC)cc(C(C)=O)c1.CNCCCC(CCCNC)C(C)=O.CNCCCOc1ccc(CNC)cc1C(C)=O. The number of hydrogen-bond acceptors (Lipinski definition) is 13. The van der Waals surface area contributed by atoms with Crippen LogP contribution >= 0.6 is 0 Å². The lowest BCUT2D eigenvalue weighted by atomic mass is 9.94. The van der Waals surface area contributed by atoms with Gasteiger partial charge in [-0.2, -0.15) is 0 Å². The molecule has 0 fully saturated rings. The molecule has 0 atom stereocenters. The fraction of sp³-hybridized carbons (Fsp3) is 0.672. The van der Waals surface area contributed by atoms with Crippen LogP contribution in [0.2, 0.25) is 0 Å². The number of Topliss-reactive ketones (excluding diaryl/α,β-unsaturated/α-hetero) is 4. The van der Waals surface area contributed by atoms with E-state index in [2.05, 4.69) is 62.8 Å². The Morgan fingerprint density at radius 2 is 0.900 bits per heavy atom. The Morgan fingerprint density at radius 1 is 0.450 bits per heavy atom. The van der Waals surface area contributed by atoms with Gasteiger partial charge >= 0.3 is 0 Å². The van der Waals surface area contributed by atoms with Crippen LogP contribution in [0.4, 0.5) is 0 Å². The summed E-state index contributed by atoms with van der Waals surface area (Å²) in [6, 6.07) is 13.2. The van der Waals surface area contributed by atoms with Crippen molar-refractivity contribution in [2.45, 2.75) is 211 Å². The molecule has 3 rings (SSSR count). The van der Waals surface area contributed by atoms with Crippen LogP contribution in [0.15, 0.2) is 42.5 Å². The summed E-state index contributed by atoms with van der Waals surface area (Å²) >= 11 is 0. The van der Waals surface area contributed by atoms with E-state index in [-0.39, 0.29) is 23.3 Å². The Morgan fingerprint density at radius 3 is 1.35 bits per heavy atom. The first-order valence-electron chi connectivity index (χ1n) is 30.8. The summed E-state index contributed by atoms with van der Waals surface area (Å²) in [6.07, 6.45) is 23.0. The van der Waals surface area contributed by atoms with Crippen LogP contribution in [0.25, 0.3) is 0 Å². The summed E-state index contributed by atoms with van der Waals surface area (Å²) < 4.78 is 29.4. The summed E-state index contributed by atoms with van der Waals surface area (Å²) in [7, 11) is 7.69. The predicted octanol–water partition coefficient (Wildman–Crippen LogP) is 14.9. The monoisotopic (exact) mass is 1120 g/mol. The standard InChI is InChI=1S/C24H40O3.C18H28O3.C14H22N2O2.C11H24N2O/c1-6-9-12-15-21-22(20(5)25)18-23(26-16-13-10-7-2)19(4)24(21)27-17-14-11-8-3;1-4-6-8-10-20-17-12-16(15(3)19)13-18(14-17)21-11-9-7-5-2;1-11(17)13-9-12(10-16-3)5-6-14(13)18-8-4-7-15-2;1-10(14)11(6-4-8-12-2)7-5-9-13-3/h18H,6-17H2,1-5H3;12-14H,4-11H2,1-3H3;5-6,9,15-16H,4,7-8,10H2,1-3H3;11-13H,4-9H2,1-3H3. The molecule has 0 saturated carbocycles. The van der Waals surface area contributed by atoms with Crippen molar-refractivity contribution in [2.75, 3.05) is 80.9 Å². The largest absolute Gasteiger partial charge is 0.493 e. The van der Waals surface area contributed by atoms with Gasteiger partial charge in [-0.3, -0.25) is 19.2 Å².